The van der Waals surface area contributed by atoms with Crippen molar-refractivity contribution in [2.24, 2.45) is 0 Å². The van der Waals surface area contributed by atoms with E-state index in [0.717, 1.165) is 12.2 Å². The van der Waals surface area contributed by atoms with Crippen LogP contribution in [0.5, 0.6) is 5.88 Å². The fourth-order valence-corrected chi connectivity index (χ4v) is 0.848. The van der Waals surface area contributed by atoms with E-state index in [-0.39, 0.29) is 0 Å². The quantitative estimate of drug-likeness (QED) is 0.713. The van der Waals surface area contributed by atoms with Gasteiger partial charge in [-0.05, 0) is 20.0 Å². The highest BCUT2D eigenvalue weighted by atomic mass is 16.5. The molecule has 0 aromatic carbocycles. The second kappa shape index (κ2) is 4.66. The number of hydrogen-bond donors (Lipinski definition) is 1. The lowest BCUT2D eigenvalue weighted by Gasteiger charge is -2.01. The molecular formula is C8H13N3O. The van der Waals surface area contributed by atoms with Crippen LogP contribution in [0.4, 0.5) is 0 Å². The zero-order valence-corrected chi connectivity index (χ0v) is 7.37. The van der Waals surface area contributed by atoms with Gasteiger partial charge in [0.05, 0.1) is 12.3 Å². The van der Waals surface area contributed by atoms with Gasteiger partial charge in [0.2, 0.25) is 5.88 Å². The van der Waals surface area contributed by atoms with Gasteiger partial charge in [0.15, 0.2) is 0 Å². The summed E-state index contributed by atoms with van der Waals surface area (Å²) in [6.07, 6.45) is 0. The summed E-state index contributed by atoms with van der Waals surface area (Å²) in [6, 6.07) is 3.72. The maximum atomic E-state index is 5.14. The van der Waals surface area contributed by atoms with E-state index < -0.39 is 0 Å². The Balaban J connectivity index is 2.58. The maximum absolute atomic E-state index is 5.14. The van der Waals surface area contributed by atoms with Crippen LogP contribution in [0, 0.1) is 0 Å². The molecule has 0 unspecified atom stereocenters. The first kappa shape index (κ1) is 8.93. The van der Waals surface area contributed by atoms with Crippen molar-refractivity contribution in [1.82, 2.24) is 15.5 Å². The summed E-state index contributed by atoms with van der Waals surface area (Å²) in [7, 11) is 1.87. The maximum Gasteiger partial charge on any atom is 0.233 e. The normalized spacial score (nSPS) is 9.83. The molecule has 0 fully saturated rings. The summed E-state index contributed by atoms with van der Waals surface area (Å²) in [5.74, 6) is 0.581. The van der Waals surface area contributed by atoms with E-state index >= 15 is 0 Å². The summed E-state index contributed by atoms with van der Waals surface area (Å²) >= 11 is 0. The first-order chi connectivity index (χ1) is 5.86. The van der Waals surface area contributed by atoms with Crippen molar-refractivity contribution in [1.29, 1.82) is 0 Å². The molecule has 0 amide bonds. The summed E-state index contributed by atoms with van der Waals surface area (Å²) in [4.78, 5) is 0. The van der Waals surface area contributed by atoms with E-state index in [1.807, 2.05) is 26.1 Å². The molecule has 1 aromatic heterocycles. The Labute approximate surface area is 72.0 Å². The molecule has 1 rings (SSSR count). The minimum atomic E-state index is 0.581. The predicted molar refractivity (Wildman–Crippen MR) is 46.0 cm³/mol. The van der Waals surface area contributed by atoms with Crippen molar-refractivity contribution in [3.63, 3.8) is 0 Å². The van der Waals surface area contributed by atoms with Gasteiger partial charge < -0.3 is 10.1 Å². The molecular weight excluding hydrogens is 154 g/mol. The number of nitrogens with zero attached hydrogens (tertiary/aromatic N) is 2. The van der Waals surface area contributed by atoms with Crippen molar-refractivity contribution >= 4 is 0 Å². The van der Waals surface area contributed by atoms with Crippen molar-refractivity contribution in [3.05, 3.63) is 17.8 Å². The minimum absolute atomic E-state index is 0.581. The molecule has 0 aliphatic carbocycles. The summed E-state index contributed by atoms with van der Waals surface area (Å²) < 4.78 is 5.14. The topological polar surface area (TPSA) is 47.0 Å². The predicted octanol–water partition coefficient (Wildman–Crippen LogP) is 0.595. The van der Waals surface area contributed by atoms with Crippen LogP contribution in [0.2, 0.25) is 0 Å². The average Bonchev–Trinajstić information content (AvgIpc) is 2.09. The third-order valence-electron chi connectivity index (χ3n) is 1.35. The van der Waals surface area contributed by atoms with E-state index in [9.17, 15) is 0 Å². The van der Waals surface area contributed by atoms with Crippen LogP contribution in [0.15, 0.2) is 12.1 Å². The fraction of sp³-hybridized carbons (Fsp3) is 0.500. The third kappa shape index (κ3) is 2.47. The van der Waals surface area contributed by atoms with Gasteiger partial charge in [-0.3, -0.25) is 0 Å². The molecule has 66 valence electrons. The smallest absolute Gasteiger partial charge is 0.233 e. The van der Waals surface area contributed by atoms with E-state index in [4.69, 9.17) is 4.74 Å². The Hall–Kier alpha value is -1.16. The van der Waals surface area contributed by atoms with E-state index in [2.05, 4.69) is 15.5 Å². The Morgan fingerprint density at radius 3 is 2.75 bits per heavy atom. The highest BCUT2D eigenvalue weighted by Crippen LogP contribution is 2.03. The first-order valence-corrected chi connectivity index (χ1v) is 3.96. The summed E-state index contributed by atoms with van der Waals surface area (Å²) in [5.41, 5.74) is 0.918. The van der Waals surface area contributed by atoms with Gasteiger partial charge in [-0.1, -0.05) is 0 Å². The fourth-order valence-electron chi connectivity index (χ4n) is 0.848. The average molecular weight is 167 g/mol. The Kier molecular flexibility index (Phi) is 3.47. The molecule has 0 saturated heterocycles. The molecule has 4 heteroatoms. The van der Waals surface area contributed by atoms with Crippen molar-refractivity contribution < 1.29 is 4.74 Å². The Morgan fingerprint density at radius 1 is 1.42 bits per heavy atom. The molecule has 0 spiro atoms. The van der Waals surface area contributed by atoms with Crippen molar-refractivity contribution in [3.8, 4) is 5.88 Å². The van der Waals surface area contributed by atoms with Gasteiger partial charge in [0.25, 0.3) is 0 Å². The van der Waals surface area contributed by atoms with E-state index in [0.29, 0.717) is 12.5 Å². The molecule has 0 aliphatic rings. The highest BCUT2D eigenvalue weighted by Gasteiger charge is 1.95. The Bertz CT molecular complexity index is 197. The van der Waals surface area contributed by atoms with Crippen LogP contribution in [-0.2, 0) is 6.54 Å². The van der Waals surface area contributed by atoms with Crippen LogP contribution in [-0.4, -0.2) is 23.9 Å². The minimum Gasteiger partial charge on any atom is -0.477 e. The number of nitrogens with one attached hydrogen (secondary N) is 1. The highest BCUT2D eigenvalue weighted by molar-refractivity contribution is 5.11. The van der Waals surface area contributed by atoms with Crippen LogP contribution < -0.4 is 10.1 Å². The molecule has 0 atom stereocenters. The lowest BCUT2D eigenvalue weighted by molar-refractivity contribution is 0.322. The van der Waals surface area contributed by atoms with Gasteiger partial charge in [-0.15, -0.1) is 5.10 Å². The third-order valence-corrected chi connectivity index (χ3v) is 1.35. The molecule has 0 aliphatic heterocycles. The molecule has 0 saturated carbocycles. The van der Waals surface area contributed by atoms with Crippen molar-refractivity contribution in [2.45, 2.75) is 13.5 Å². The lowest BCUT2D eigenvalue weighted by Crippen LogP contribution is -2.08. The van der Waals surface area contributed by atoms with Gasteiger partial charge in [0.1, 0.15) is 0 Å². The Morgan fingerprint density at radius 2 is 2.25 bits per heavy atom. The molecule has 12 heavy (non-hydrogen) atoms. The summed E-state index contributed by atoms with van der Waals surface area (Å²) in [6.45, 7) is 3.28. The SMILES string of the molecule is CCOc1ccc(CNC)nn1. The molecule has 0 radical (unpaired) electrons. The molecule has 4 nitrogen and oxygen atoms in total. The molecule has 1 N–H and O–H groups in total. The van der Waals surface area contributed by atoms with Crippen LogP contribution >= 0.6 is 0 Å². The number of ether oxygens (including phenoxy) is 1. The second-order valence-corrected chi connectivity index (χ2v) is 2.33. The van der Waals surface area contributed by atoms with Gasteiger partial charge in [-0.25, -0.2) is 0 Å². The molecule has 1 heterocycles. The monoisotopic (exact) mass is 167 g/mol. The van der Waals surface area contributed by atoms with E-state index in [1.165, 1.54) is 0 Å². The second-order valence-electron chi connectivity index (χ2n) is 2.33. The zero-order valence-electron chi connectivity index (χ0n) is 7.37. The lowest BCUT2D eigenvalue weighted by atomic mass is 10.4. The van der Waals surface area contributed by atoms with Gasteiger partial charge in [-0.2, -0.15) is 5.10 Å². The first-order valence-electron chi connectivity index (χ1n) is 3.96. The number of rotatable bonds is 4. The van der Waals surface area contributed by atoms with E-state index in [1.54, 1.807) is 0 Å². The molecule has 1 aromatic rings. The number of hydrogen-bond acceptors (Lipinski definition) is 4. The van der Waals surface area contributed by atoms with Crippen LogP contribution in [0.25, 0.3) is 0 Å². The van der Waals surface area contributed by atoms with Gasteiger partial charge >= 0.3 is 0 Å². The van der Waals surface area contributed by atoms with Crippen molar-refractivity contribution in [2.75, 3.05) is 13.7 Å². The largest absolute Gasteiger partial charge is 0.477 e. The number of aromatic nitrogens is 2. The summed E-state index contributed by atoms with van der Waals surface area (Å²) in [5, 5.41) is 10.8. The van der Waals surface area contributed by atoms with Gasteiger partial charge in [0, 0.05) is 12.6 Å². The van der Waals surface area contributed by atoms with Crippen LogP contribution in [0.3, 0.4) is 0 Å². The zero-order chi connectivity index (χ0) is 8.81. The van der Waals surface area contributed by atoms with Crippen LogP contribution in [0.1, 0.15) is 12.6 Å². The standard InChI is InChI=1S/C8H13N3O/c1-3-12-8-5-4-7(6-9-2)10-11-8/h4-5,9H,3,6H2,1-2H3. The molecule has 0 bridgehead atoms.